The molecule has 0 saturated carbocycles. The van der Waals surface area contributed by atoms with Crippen LogP contribution in [0.15, 0.2) is 30.5 Å². The number of pyridine rings is 1. The van der Waals surface area contributed by atoms with E-state index in [1.54, 1.807) is 11.1 Å². The predicted molar refractivity (Wildman–Crippen MR) is 104 cm³/mol. The number of rotatable bonds is 2. The van der Waals surface area contributed by atoms with Crippen molar-refractivity contribution in [2.45, 2.75) is 39.3 Å². The Balaban J connectivity index is 1.64. The van der Waals surface area contributed by atoms with Crippen molar-refractivity contribution in [3.8, 4) is 6.07 Å². The number of amides is 1. The number of carbonyl (C=O) groups excluding carboxylic acids is 1. The van der Waals surface area contributed by atoms with E-state index in [9.17, 15) is 10.1 Å². The van der Waals surface area contributed by atoms with Gasteiger partial charge in [-0.3, -0.25) is 4.90 Å². The lowest BCUT2D eigenvalue weighted by Gasteiger charge is -2.26. The third kappa shape index (κ3) is 4.95. The molecule has 1 amide bonds. The molecule has 1 fully saturated rings. The molecule has 0 aliphatic carbocycles. The number of aromatic nitrogens is 1. The quantitative estimate of drug-likeness (QED) is 0.813. The summed E-state index contributed by atoms with van der Waals surface area (Å²) in [6.45, 7) is 9.65. The summed E-state index contributed by atoms with van der Waals surface area (Å²) < 4.78 is 5.49. The minimum Gasteiger partial charge on any atom is -0.444 e. The van der Waals surface area contributed by atoms with Crippen LogP contribution in [0.25, 0.3) is 10.8 Å². The van der Waals surface area contributed by atoms with Gasteiger partial charge >= 0.3 is 6.09 Å². The topological polar surface area (TPSA) is 69.5 Å². The van der Waals surface area contributed by atoms with E-state index in [0.29, 0.717) is 12.2 Å². The number of benzene rings is 1. The van der Waals surface area contributed by atoms with E-state index in [2.05, 4.69) is 28.1 Å². The first-order valence-electron chi connectivity index (χ1n) is 9.34. The second-order valence-corrected chi connectivity index (χ2v) is 7.92. The van der Waals surface area contributed by atoms with E-state index in [-0.39, 0.29) is 6.09 Å². The molecule has 0 unspecified atom stereocenters. The summed E-state index contributed by atoms with van der Waals surface area (Å²) in [7, 11) is 0. The fourth-order valence-corrected chi connectivity index (χ4v) is 3.31. The van der Waals surface area contributed by atoms with Gasteiger partial charge in [0.25, 0.3) is 0 Å². The summed E-state index contributed by atoms with van der Waals surface area (Å²) in [5, 5.41) is 11.1. The summed E-state index contributed by atoms with van der Waals surface area (Å²) >= 11 is 0. The van der Waals surface area contributed by atoms with Crippen LogP contribution in [0.3, 0.4) is 0 Å². The molecule has 1 aromatic carbocycles. The van der Waals surface area contributed by atoms with Gasteiger partial charge in [-0.2, -0.15) is 5.26 Å². The summed E-state index contributed by atoms with van der Waals surface area (Å²) in [5.41, 5.74) is 1.19. The maximum absolute atomic E-state index is 12.3. The normalized spacial score (nSPS) is 16.0. The van der Waals surface area contributed by atoms with E-state index >= 15 is 0 Å². The molecule has 1 aromatic heterocycles. The highest BCUT2D eigenvalue weighted by molar-refractivity contribution is 5.86. The van der Waals surface area contributed by atoms with Crippen molar-refractivity contribution in [2.24, 2.45) is 0 Å². The number of carbonyl (C=O) groups is 1. The van der Waals surface area contributed by atoms with Crippen molar-refractivity contribution < 1.29 is 9.53 Å². The van der Waals surface area contributed by atoms with Crippen LogP contribution in [0.2, 0.25) is 0 Å². The first-order chi connectivity index (χ1) is 12.9. The molecular weight excluding hydrogens is 340 g/mol. The van der Waals surface area contributed by atoms with Crippen LogP contribution in [0.5, 0.6) is 0 Å². The van der Waals surface area contributed by atoms with Crippen LogP contribution >= 0.6 is 0 Å². The molecular formula is C21H26N4O2. The molecule has 1 aliphatic rings. The molecule has 3 rings (SSSR count). The van der Waals surface area contributed by atoms with Gasteiger partial charge in [0.05, 0.1) is 0 Å². The molecule has 2 heterocycles. The maximum atomic E-state index is 12.3. The van der Waals surface area contributed by atoms with Gasteiger partial charge in [-0.15, -0.1) is 0 Å². The minimum absolute atomic E-state index is 0.230. The summed E-state index contributed by atoms with van der Waals surface area (Å²) in [5.74, 6) is 0. The fourth-order valence-electron chi connectivity index (χ4n) is 3.31. The van der Waals surface area contributed by atoms with Gasteiger partial charge in [0, 0.05) is 44.3 Å². The van der Waals surface area contributed by atoms with Crippen molar-refractivity contribution >= 4 is 16.9 Å². The van der Waals surface area contributed by atoms with E-state index in [4.69, 9.17) is 4.74 Å². The molecule has 2 aromatic rings. The highest BCUT2D eigenvalue weighted by atomic mass is 16.6. The number of nitriles is 1. The Morgan fingerprint density at radius 3 is 2.78 bits per heavy atom. The minimum atomic E-state index is -0.467. The molecule has 0 spiro atoms. The molecule has 0 atom stereocenters. The van der Waals surface area contributed by atoms with Gasteiger partial charge in [-0.25, -0.2) is 9.78 Å². The largest absolute Gasteiger partial charge is 0.444 e. The van der Waals surface area contributed by atoms with Crippen LogP contribution in [0.4, 0.5) is 4.79 Å². The Morgan fingerprint density at radius 2 is 2.04 bits per heavy atom. The Morgan fingerprint density at radius 1 is 1.22 bits per heavy atom. The monoisotopic (exact) mass is 366 g/mol. The number of ether oxygens (including phenoxy) is 1. The van der Waals surface area contributed by atoms with Gasteiger partial charge in [0.1, 0.15) is 17.4 Å². The third-order valence-electron chi connectivity index (χ3n) is 4.58. The first-order valence-corrected chi connectivity index (χ1v) is 9.34. The molecule has 0 bridgehead atoms. The lowest BCUT2D eigenvalue weighted by atomic mass is 10.1. The number of nitrogens with zero attached hydrogens (tertiary/aromatic N) is 4. The Labute approximate surface area is 160 Å². The van der Waals surface area contributed by atoms with Crippen molar-refractivity contribution in [1.29, 1.82) is 5.26 Å². The predicted octanol–water partition coefficient (Wildman–Crippen LogP) is 3.55. The van der Waals surface area contributed by atoms with Gasteiger partial charge in [0.15, 0.2) is 0 Å². The average Bonchev–Trinajstić information content (AvgIpc) is 2.85. The Kier molecular flexibility index (Phi) is 5.62. The highest BCUT2D eigenvalue weighted by Gasteiger charge is 2.24. The Hall–Kier alpha value is -2.65. The first kappa shape index (κ1) is 19.1. The molecule has 27 heavy (non-hydrogen) atoms. The summed E-state index contributed by atoms with van der Waals surface area (Å²) in [6.07, 6.45) is 2.37. The second kappa shape index (κ2) is 7.93. The zero-order valence-corrected chi connectivity index (χ0v) is 16.2. The van der Waals surface area contributed by atoms with Gasteiger partial charge in [-0.05, 0) is 50.3 Å². The van der Waals surface area contributed by atoms with E-state index in [1.807, 2.05) is 32.9 Å². The van der Waals surface area contributed by atoms with Crippen molar-refractivity contribution in [3.63, 3.8) is 0 Å². The van der Waals surface area contributed by atoms with Crippen molar-refractivity contribution in [2.75, 3.05) is 26.2 Å². The fraction of sp³-hybridized carbons (Fsp3) is 0.476. The van der Waals surface area contributed by atoms with Gasteiger partial charge in [-0.1, -0.05) is 12.1 Å². The third-order valence-corrected chi connectivity index (χ3v) is 4.58. The zero-order valence-electron chi connectivity index (χ0n) is 16.2. The van der Waals surface area contributed by atoms with Gasteiger partial charge < -0.3 is 9.64 Å². The van der Waals surface area contributed by atoms with Crippen molar-refractivity contribution in [1.82, 2.24) is 14.8 Å². The zero-order chi connectivity index (χ0) is 19.4. The summed E-state index contributed by atoms with van der Waals surface area (Å²) in [6, 6.07) is 10.2. The molecule has 6 heteroatoms. The van der Waals surface area contributed by atoms with Crippen LogP contribution in [0.1, 0.15) is 38.4 Å². The lowest BCUT2D eigenvalue weighted by molar-refractivity contribution is 0.0257. The standard InChI is InChI=1S/C21H26N4O2/c1-21(2,3)27-20(26)25-10-4-9-24(11-12-25)15-16-5-6-18-17(13-16)7-8-23-19(18)14-22/h5-8,13H,4,9-12,15H2,1-3H3. The molecule has 0 N–H and O–H groups in total. The molecule has 6 nitrogen and oxygen atoms in total. The van der Waals surface area contributed by atoms with Crippen LogP contribution in [-0.4, -0.2) is 52.7 Å². The lowest BCUT2D eigenvalue weighted by Crippen LogP contribution is -2.39. The number of hydrogen-bond acceptors (Lipinski definition) is 5. The molecule has 1 saturated heterocycles. The maximum Gasteiger partial charge on any atom is 0.410 e. The summed E-state index contributed by atoms with van der Waals surface area (Å²) in [4.78, 5) is 20.6. The molecule has 1 aliphatic heterocycles. The van der Waals surface area contributed by atoms with Crippen molar-refractivity contribution in [3.05, 3.63) is 41.7 Å². The van der Waals surface area contributed by atoms with E-state index in [1.165, 1.54) is 5.56 Å². The average molecular weight is 366 g/mol. The van der Waals surface area contributed by atoms with E-state index < -0.39 is 5.60 Å². The van der Waals surface area contributed by atoms with Crippen LogP contribution < -0.4 is 0 Å². The van der Waals surface area contributed by atoms with Crippen LogP contribution in [-0.2, 0) is 11.3 Å². The van der Waals surface area contributed by atoms with Crippen LogP contribution in [0, 0.1) is 11.3 Å². The highest BCUT2D eigenvalue weighted by Crippen LogP contribution is 2.20. The second-order valence-electron chi connectivity index (χ2n) is 7.92. The Bertz CT molecular complexity index is 867. The molecule has 0 radical (unpaired) electrons. The van der Waals surface area contributed by atoms with Gasteiger partial charge in [0.2, 0.25) is 0 Å². The smallest absolute Gasteiger partial charge is 0.410 e. The number of fused-ring (bicyclic) bond motifs is 1. The SMILES string of the molecule is CC(C)(C)OC(=O)N1CCCN(Cc2ccc3c(C#N)nccc3c2)CC1. The van der Waals surface area contributed by atoms with E-state index in [0.717, 1.165) is 43.4 Å². The molecule has 142 valence electrons. The number of hydrogen-bond donors (Lipinski definition) is 0.